The van der Waals surface area contributed by atoms with Crippen LogP contribution in [0.1, 0.15) is 18.4 Å². The number of carbonyl (C=O) groups excluding carboxylic acids is 2. The zero-order valence-electron chi connectivity index (χ0n) is 12.5. The van der Waals surface area contributed by atoms with E-state index in [0.717, 1.165) is 0 Å². The summed E-state index contributed by atoms with van der Waals surface area (Å²) in [6.07, 6.45) is 0.809. The minimum atomic E-state index is -0.545. The van der Waals surface area contributed by atoms with Crippen LogP contribution < -0.4 is 10.2 Å². The molecule has 1 unspecified atom stereocenters. The van der Waals surface area contributed by atoms with Crippen molar-refractivity contribution < 1.29 is 14.0 Å². The summed E-state index contributed by atoms with van der Waals surface area (Å²) in [6.45, 7) is 0.110. The molecule has 0 bridgehead atoms. The van der Waals surface area contributed by atoms with E-state index in [1.165, 1.54) is 11.0 Å². The summed E-state index contributed by atoms with van der Waals surface area (Å²) in [6, 6.07) is 14.9. The third-order valence-electron chi connectivity index (χ3n) is 3.96. The first-order chi connectivity index (χ1) is 11.2. The van der Waals surface area contributed by atoms with Crippen molar-refractivity contribution in [3.63, 3.8) is 0 Å². The summed E-state index contributed by atoms with van der Waals surface area (Å²) in [5, 5.41) is 2.73. The van der Waals surface area contributed by atoms with Crippen molar-refractivity contribution in [3.05, 3.63) is 66.0 Å². The number of hydrogen-bond acceptors (Lipinski definition) is 2. The molecule has 2 aromatic rings. The molecule has 23 heavy (non-hydrogen) atoms. The third-order valence-corrected chi connectivity index (χ3v) is 3.96. The maximum absolute atomic E-state index is 13.6. The summed E-state index contributed by atoms with van der Waals surface area (Å²) in [4.78, 5) is 26.1. The van der Waals surface area contributed by atoms with E-state index in [1.54, 1.807) is 30.3 Å². The Bertz CT molecular complexity index is 718. The minimum absolute atomic E-state index is 0.0674. The molecule has 1 aliphatic heterocycles. The largest absolute Gasteiger partial charge is 0.350 e. The predicted octanol–water partition coefficient (Wildman–Crippen LogP) is 2.64. The molecule has 2 amide bonds. The van der Waals surface area contributed by atoms with Gasteiger partial charge in [0.05, 0.1) is 0 Å². The van der Waals surface area contributed by atoms with Gasteiger partial charge in [0.15, 0.2) is 0 Å². The first kappa shape index (κ1) is 15.2. The van der Waals surface area contributed by atoms with Gasteiger partial charge in [0.2, 0.25) is 11.8 Å². The van der Waals surface area contributed by atoms with Crippen LogP contribution in [0.2, 0.25) is 0 Å². The smallest absolute Gasteiger partial charge is 0.243 e. The highest BCUT2D eigenvalue weighted by Gasteiger charge is 2.36. The number of benzene rings is 2. The SMILES string of the molecule is O=C(NCc1ccccc1F)C1CCC(=O)N1c1ccccc1. The zero-order chi connectivity index (χ0) is 16.2. The summed E-state index contributed by atoms with van der Waals surface area (Å²) in [5.74, 6) is -0.680. The van der Waals surface area contributed by atoms with Crippen molar-refractivity contribution in [2.45, 2.75) is 25.4 Å². The Hall–Kier alpha value is -2.69. The van der Waals surface area contributed by atoms with Crippen molar-refractivity contribution in [1.29, 1.82) is 0 Å². The number of anilines is 1. The number of halogens is 1. The Morgan fingerprint density at radius 3 is 2.57 bits per heavy atom. The summed E-state index contributed by atoms with van der Waals surface area (Å²) in [5.41, 5.74) is 1.14. The second-order valence-corrected chi connectivity index (χ2v) is 5.46. The van der Waals surface area contributed by atoms with Crippen molar-refractivity contribution in [2.75, 3.05) is 4.90 Å². The Kier molecular flexibility index (Phi) is 4.37. The van der Waals surface area contributed by atoms with E-state index in [9.17, 15) is 14.0 Å². The van der Waals surface area contributed by atoms with Gasteiger partial charge in [-0.15, -0.1) is 0 Å². The Labute approximate surface area is 133 Å². The van der Waals surface area contributed by atoms with Gasteiger partial charge in [-0.3, -0.25) is 14.5 Å². The van der Waals surface area contributed by atoms with Crippen LogP contribution in [0.3, 0.4) is 0 Å². The van der Waals surface area contributed by atoms with Gasteiger partial charge in [0.1, 0.15) is 11.9 Å². The molecule has 5 heteroatoms. The average molecular weight is 312 g/mol. The number of rotatable bonds is 4. The standard InChI is InChI=1S/C18H17FN2O2/c19-15-9-5-4-6-13(15)12-20-18(23)16-10-11-17(22)21(16)14-7-2-1-3-8-14/h1-9,16H,10-12H2,(H,20,23). The molecule has 1 atom stereocenters. The molecule has 118 valence electrons. The average Bonchev–Trinajstić information content (AvgIpc) is 2.96. The molecule has 0 aromatic heterocycles. The van der Waals surface area contributed by atoms with Crippen LogP contribution in [-0.2, 0) is 16.1 Å². The highest BCUT2D eigenvalue weighted by Crippen LogP contribution is 2.26. The van der Waals surface area contributed by atoms with Crippen LogP contribution in [0.25, 0.3) is 0 Å². The number of nitrogens with zero attached hydrogens (tertiary/aromatic N) is 1. The molecule has 1 saturated heterocycles. The van der Waals surface area contributed by atoms with Crippen LogP contribution in [0.4, 0.5) is 10.1 Å². The van der Waals surface area contributed by atoms with Gasteiger partial charge in [0, 0.05) is 24.2 Å². The topological polar surface area (TPSA) is 49.4 Å². The Morgan fingerprint density at radius 1 is 1.13 bits per heavy atom. The molecule has 3 rings (SSSR count). The summed E-state index contributed by atoms with van der Waals surface area (Å²) >= 11 is 0. The van der Waals surface area contributed by atoms with Gasteiger partial charge >= 0.3 is 0 Å². The van der Waals surface area contributed by atoms with Gasteiger partial charge < -0.3 is 5.32 Å². The number of amides is 2. The molecule has 1 heterocycles. The van der Waals surface area contributed by atoms with Crippen LogP contribution in [0, 0.1) is 5.82 Å². The fraction of sp³-hybridized carbons (Fsp3) is 0.222. The van der Waals surface area contributed by atoms with Crippen molar-refractivity contribution in [3.8, 4) is 0 Å². The van der Waals surface area contributed by atoms with Gasteiger partial charge in [-0.2, -0.15) is 0 Å². The maximum atomic E-state index is 13.6. The van der Waals surface area contributed by atoms with Gasteiger partial charge in [-0.25, -0.2) is 4.39 Å². The summed E-state index contributed by atoms with van der Waals surface area (Å²) in [7, 11) is 0. The van der Waals surface area contributed by atoms with E-state index in [0.29, 0.717) is 24.1 Å². The number of para-hydroxylation sites is 1. The van der Waals surface area contributed by atoms with E-state index in [-0.39, 0.29) is 24.2 Å². The molecule has 1 N–H and O–H groups in total. The van der Waals surface area contributed by atoms with E-state index < -0.39 is 6.04 Å². The quantitative estimate of drug-likeness (QED) is 0.943. The second kappa shape index (κ2) is 6.60. The zero-order valence-corrected chi connectivity index (χ0v) is 12.5. The van der Waals surface area contributed by atoms with Gasteiger partial charge in [0.25, 0.3) is 0 Å². The Balaban J connectivity index is 1.71. The molecule has 2 aromatic carbocycles. The number of hydrogen-bond donors (Lipinski definition) is 1. The lowest BCUT2D eigenvalue weighted by Crippen LogP contribution is -2.44. The number of nitrogens with one attached hydrogen (secondary N) is 1. The minimum Gasteiger partial charge on any atom is -0.350 e. The third kappa shape index (κ3) is 3.23. The molecule has 4 nitrogen and oxygen atoms in total. The lowest BCUT2D eigenvalue weighted by molar-refractivity contribution is -0.124. The highest BCUT2D eigenvalue weighted by molar-refractivity contribution is 6.03. The lowest BCUT2D eigenvalue weighted by atomic mass is 10.1. The van der Waals surface area contributed by atoms with E-state index in [4.69, 9.17) is 0 Å². The fourth-order valence-corrected chi connectivity index (χ4v) is 2.79. The normalized spacial score (nSPS) is 17.3. The van der Waals surface area contributed by atoms with Crippen molar-refractivity contribution in [2.24, 2.45) is 0 Å². The first-order valence-corrected chi connectivity index (χ1v) is 7.55. The van der Waals surface area contributed by atoms with Gasteiger partial charge in [-0.1, -0.05) is 36.4 Å². The lowest BCUT2D eigenvalue weighted by Gasteiger charge is -2.24. The molecule has 0 spiro atoms. The van der Waals surface area contributed by atoms with E-state index in [2.05, 4.69) is 5.32 Å². The fourth-order valence-electron chi connectivity index (χ4n) is 2.79. The van der Waals surface area contributed by atoms with Crippen LogP contribution in [-0.4, -0.2) is 17.9 Å². The van der Waals surface area contributed by atoms with Crippen molar-refractivity contribution >= 4 is 17.5 Å². The van der Waals surface area contributed by atoms with Crippen LogP contribution in [0.15, 0.2) is 54.6 Å². The summed E-state index contributed by atoms with van der Waals surface area (Å²) < 4.78 is 13.6. The maximum Gasteiger partial charge on any atom is 0.243 e. The molecule has 0 radical (unpaired) electrons. The van der Waals surface area contributed by atoms with Crippen LogP contribution in [0.5, 0.6) is 0 Å². The predicted molar refractivity (Wildman–Crippen MR) is 85.2 cm³/mol. The molecular formula is C18H17FN2O2. The Morgan fingerprint density at radius 2 is 1.83 bits per heavy atom. The van der Waals surface area contributed by atoms with Crippen LogP contribution >= 0.6 is 0 Å². The molecule has 1 fully saturated rings. The first-order valence-electron chi connectivity index (χ1n) is 7.55. The molecule has 0 saturated carbocycles. The highest BCUT2D eigenvalue weighted by atomic mass is 19.1. The monoisotopic (exact) mass is 312 g/mol. The van der Waals surface area contributed by atoms with Gasteiger partial charge in [-0.05, 0) is 24.6 Å². The number of carbonyl (C=O) groups is 2. The molecular weight excluding hydrogens is 295 g/mol. The van der Waals surface area contributed by atoms with E-state index >= 15 is 0 Å². The molecule has 0 aliphatic carbocycles. The molecule has 1 aliphatic rings. The second-order valence-electron chi connectivity index (χ2n) is 5.46. The van der Waals surface area contributed by atoms with Crippen molar-refractivity contribution in [1.82, 2.24) is 5.32 Å². The van der Waals surface area contributed by atoms with E-state index in [1.807, 2.05) is 18.2 Å².